The number of rotatable bonds is 4. The summed E-state index contributed by atoms with van der Waals surface area (Å²) in [4.78, 5) is 15.0. The fourth-order valence-electron chi connectivity index (χ4n) is 4.03. The first-order chi connectivity index (χ1) is 14.7. The minimum atomic E-state index is -4.45. The largest absolute Gasteiger partial charge is 0.416 e. The highest BCUT2D eigenvalue weighted by molar-refractivity contribution is 5.36. The summed E-state index contributed by atoms with van der Waals surface area (Å²) in [5, 5.41) is 3.29. The molecule has 2 aromatic rings. The summed E-state index contributed by atoms with van der Waals surface area (Å²) in [7, 11) is 0. The van der Waals surface area contributed by atoms with Crippen molar-refractivity contribution >= 4 is 5.95 Å². The number of anilines is 1. The highest BCUT2D eigenvalue weighted by Crippen LogP contribution is 2.32. The number of nitrogens with zero attached hydrogens (tertiary/aromatic N) is 4. The molecule has 2 aromatic heterocycles. The van der Waals surface area contributed by atoms with Gasteiger partial charge < -0.3 is 10.2 Å². The van der Waals surface area contributed by atoms with E-state index in [1.54, 1.807) is 4.90 Å². The molecule has 0 atom stereocenters. The molecule has 31 heavy (non-hydrogen) atoms. The van der Waals surface area contributed by atoms with Crippen molar-refractivity contribution in [2.75, 3.05) is 31.1 Å². The van der Waals surface area contributed by atoms with Gasteiger partial charge in [0.2, 0.25) is 5.95 Å². The number of halogens is 5. The van der Waals surface area contributed by atoms with E-state index in [0.717, 1.165) is 50.0 Å². The minimum Gasteiger partial charge on any atom is -0.340 e. The van der Waals surface area contributed by atoms with Crippen LogP contribution in [0.15, 0.2) is 24.4 Å². The second-order valence-corrected chi connectivity index (χ2v) is 8.16. The Bertz CT molecular complexity index is 901. The van der Waals surface area contributed by atoms with Crippen LogP contribution in [0.4, 0.5) is 27.9 Å². The average molecular weight is 441 g/mol. The predicted octanol–water partition coefficient (Wildman–Crippen LogP) is 4.18. The van der Waals surface area contributed by atoms with Crippen LogP contribution in [0.25, 0.3) is 0 Å². The molecule has 0 aromatic carbocycles. The van der Waals surface area contributed by atoms with E-state index in [1.807, 2.05) is 6.07 Å². The van der Waals surface area contributed by atoms with Crippen LogP contribution in [0, 0.1) is 0 Å². The first kappa shape index (κ1) is 21.9. The Kier molecular flexibility index (Phi) is 6.09. The maximum atomic E-state index is 13.6. The zero-order chi connectivity index (χ0) is 22.1. The molecular formula is C21H24F5N5. The molecule has 2 saturated heterocycles. The van der Waals surface area contributed by atoms with E-state index in [9.17, 15) is 22.0 Å². The van der Waals surface area contributed by atoms with Crippen LogP contribution in [-0.2, 0) is 12.6 Å². The van der Waals surface area contributed by atoms with Gasteiger partial charge in [0, 0.05) is 55.9 Å². The fourth-order valence-corrected chi connectivity index (χ4v) is 4.03. The molecule has 0 saturated carbocycles. The van der Waals surface area contributed by atoms with Crippen molar-refractivity contribution in [3.05, 3.63) is 47.0 Å². The summed E-state index contributed by atoms with van der Waals surface area (Å²) in [6.45, 7) is 1.99. The van der Waals surface area contributed by atoms with E-state index < -0.39 is 17.7 Å². The van der Waals surface area contributed by atoms with E-state index >= 15 is 0 Å². The highest BCUT2D eigenvalue weighted by atomic mass is 19.4. The van der Waals surface area contributed by atoms with Gasteiger partial charge in [-0.05, 0) is 44.1 Å². The second kappa shape index (κ2) is 8.64. The van der Waals surface area contributed by atoms with Gasteiger partial charge in [-0.15, -0.1) is 0 Å². The van der Waals surface area contributed by atoms with Gasteiger partial charge in [0.1, 0.15) is 0 Å². The van der Waals surface area contributed by atoms with Crippen LogP contribution in [0.1, 0.15) is 54.2 Å². The Morgan fingerprint density at radius 3 is 2.42 bits per heavy atom. The van der Waals surface area contributed by atoms with Crippen molar-refractivity contribution in [1.29, 1.82) is 0 Å². The predicted molar refractivity (Wildman–Crippen MR) is 105 cm³/mol. The average Bonchev–Trinajstić information content (AvgIpc) is 2.74. The minimum absolute atomic E-state index is 0.113. The van der Waals surface area contributed by atoms with Crippen LogP contribution in [0.5, 0.6) is 0 Å². The number of aromatic nitrogens is 3. The molecule has 5 nitrogen and oxygen atoms in total. The SMILES string of the molecule is FC1(F)CCN(c2nc(Cc3cc(C(F)(F)F)ccn3)cc(C3CCNCC3)n2)CC1. The van der Waals surface area contributed by atoms with E-state index in [2.05, 4.69) is 20.3 Å². The van der Waals surface area contributed by atoms with Crippen molar-refractivity contribution in [3.63, 3.8) is 0 Å². The summed E-state index contributed by atoms with van der Waals surface area (Å²) in [5.74, 6) is -2.12. The van der Waals surface area contributed by atoms with Crippen LogP contribution in [0.2, 0.25) is 0 Å². The molecule has 2 aliphatic heterocycles. The molecule has 0 bridgehead atoms. The third-order valence-electron chi connectivity index (χ3n) is 5.83. The van der Waals surface area contributed by atoms with Crippen molar-refractivity contribution in [3.8, 4) is 0 Å². The fraction of sp³-hybridized carbons (Fsp3) is 0.571. The first-order valence-electron chi connectivity index (χ1n) is 10.4. The maximum absolute atomic E-state index is 13.6. The third kappa shape index (κ3) is 5.47. The Labute approximate surface area is 177 Å². The van der Waals surface area contributed by atoms with Crippen molar-refractivity contribution in [2.24, 2.45) is 0 Å². The molecule has 168 valence electrons. The standard InChI is InChI=1S/C21H24F5N5/c22-20(23)4-9-31(10-5-20)19-29-17(13-18(30-19)14-1-6-27-7-2-14)12-16-11-15(3-8-28-16)21(24,25)26/h3,8,11,13-14,27H,1-2,4-7,9-10,12H2. The topological polar surface area (TPSA) is 53.9 Å². The molecule has 2 aliphatic rings. The number of alkyl halides is 5. The Morgan fingerprint density at radius 1 is 1.03 bits per heavy atom. The molecule has 0 unspecified atom stereocenters. The third-order valence-corrected chi connectivity index (χ3v) is 5.83. The second-order valence-electron chi connectivity index (χ2n) is 8.16. The number of hydrogen-bond acceptors (Lipinski definition) is 5. The van der Waals surface area contributed by atoms with E-state index in [1.165, 1.54) is 0 Å². The van der Waals surface area contributed by atoms with E-state index in [0.29, 0.717) is 11.6 Å². The van der Waals surface area contributed by atoms with Crippen molar-refractivity contribution in [2.45, 2.75) is 50.1 Å². The van der Waals surface area contributed by atoms with Crippen LogP contribution < -0.4 is 10.2 Å². The Hall–Kier alpha value is -2.36. The molecule has 2 fully saturated rings. The monoisotopic (exact) mass is 441 g/mol. The Morgan fingerprint density at radius 2 is 1.74 bits per heavy atom. The van der Waals surface area contributed by atoms with Crippen LogP contribution in [0.3, 0.4) is 0 Å². The van der Waals surface area contributed by atoms with Gasteiger partial charge >= 0.3 is 6.18 Å². The van der Waals surface area contributed by atoms with Crippen molar-refractivity contribution in [1.82, 2.24) is 20.3 Å². The number of pyridine rings is 1. The first-order valence-corrected chi connectivity index (χ1v) is 10.4. The number of hydrogen-bond donors (Lipinski definition) is 1. The highest BCUT2D eigenvalue weighted by Gasteiger charge is 2.35. The maximum Gasteiger partial charge on any atom is 0.416 e. The summed E-state index contributed by atoms with van der Waals surface area (Å²) in [6.07, 6.45) is -1.96. The number of nitrogens with one attached hydrogen (secondary N) is 1. The molecule has 0 aliphatic carbocycles. The molecule has 1 N–H and O–H groups in total. The van der Waals surface area contributed by atoms with Gasteiger partial charge in [0.15, 0.2) is 0 Å². The van der Waals surface area contributed by atoms with Gasteiger partial charge in [-0.25, -0.2) is 18.7 Å². The van der Waals surface area contributed by atoms with Gasteiger partial charge in [-0.2, -0.15) is 13.2 Å². The summed E-state index contributed by atoms with van der Waals surface area (Å²) in [5.41, 5.74) is 0.845. The molecule has 0 spiro atoms. The van der Waals surface area contributed by atoms with Crippen molar-refractivity contribution < 1.29 is 22.0 Å². The molecular weight excluding hydrogens is 417 g/mol. The van der Waals surface area contributed by atoms with Gasteiger partial charge in [0.25, 0.3) is 5.92 Å². The zero-order valence-electron chi connectivity index (χ0n) is 16.9. The molecule has 4 heterocycles. The lowest BCUT2D eigenvalue weighted by atomic mass is 9.93. The molecule has 10 heteroatoms. The Balaban J connectivity index is 1.63. The van der Waals surface area contributed by atoms with Gasteiger partial charge in [-0.3, -0.25) is 4.98 Å². The molecule has 0 amide bonds. The van der Waals surface area contributed by atoms with E-state index in [4.69, 9.17) is 0 Å². The van der Waals surface area contributed by atoms with Crippen LogP contribution >= 0.6 is 0 Å². The lowest BCUT2D eigenvalue weighted by Gasteiger charge is -2.32. The normalized spacial score (nSPS) is 20.1. The summed E-state index contributed by atoms with van der Waals surface area (Å²) in [6, 6.07) is 3.77. The lowest BCUT2D eigenvalue weighted by Crippen LogP contribution is -2.40. The summed E-state index contributed by atoms with van der Waals surface area (Å²) < 4.78 is 66.3. The summed E-state index contributed by atoms with van der Waals surface area (Å²) >= 11 is 0. The number of piperidine rings is 2. The quantitative estimate of drug-likeness (QED) is 0.722. The van der Waals surface area contributed by atoms with Gasteiger partial charge in [-0.1, -0.05) is 0 Å². The van der Waals surface area contributed by atoms with Gasteiger partial charge in [0.05, 0.1) is 11.3 Å². The lowest BCUT2D eigenvalue weighted by molar-refractivity contribution is -0.137. The smallest absolute Gasteiger partial charge is 0.340 e. The van der Waals surface area contributed by atoms with E-state index in [-0.39, 0.29) is 44.0 Å². The van der Waals surface area contributed by atoms with Crippen LogP contribution in [-0.4, -0.2) is 47.1 Å². The molecule has 0 radical (unpaired) electrons. The molecule has 4 rings (SSSR count). The zero-order valence-corrected chi connectivity index (χ0v) is 16.9.